The van der Waals surface area contributed by atoms with Crippen LogP contribution in [0.2, 0.25) is 0 Å². The first-order valence-electron chi connectivity index (χ1n) is 14.2. The summed E-state index contributed by atoms with van der Waals surface area (Å²) in [7, 11) is 1.63. The fourth-order valence-electron chi connectivity index (χ4n) is 6.03. The lowest BCUT2D eigenvalue weighted by Crippen LogP contribution is -2.34. The zero-order valence-corrected chi connectivity index (χ0v) is 23.9. The average Bonchev–Trinajstić information content (AvgIpc) is 3.52. The maximum Gasteiger partial charge on any atom is 0.416 e. The summed E-state index contributed by atoms with van der Waals surface area (Å²) < 4.78 is 59.9. The number of alkyl halides is 3. The summed E-state index contributed by atoms with van der Waals surface area (Å²) in [6, 6.07) is 15.7. The molecule has 6 rings (SSSR count). The van der Waals surface area contributed by atoms with Crippen LogP contribution in [0, 0.1) is 0 Å². The summed E-state index contributed by atoms with van der Waals surface area (Å²) in [5.74, 6) is -0.223. The molecule has 1 saturated heterocycles. The number of carbonyl (C=O) groups is 1. The number of nitrogens with zero attached hydrogens (tertiary/aromatic N) is 3. The Morgan fingerprint density at radius 2 is 1.86 bits per heavy atom. The van der Waals surface area contributed by atoms with Gasteiger partial charge in [0.2, 0.25) is 0 Å². The van der Waals surface area contributed by atoms with E-state index in [0.29, 0.717) is 36.8 Å². The van der Waals surface area contributed by atoms with Crippen LogP contribution in [0.15, 0.2) is 60.7 Å². The van der Waals surface area contributed by atoms with Crippen LogP contribution in [0.1, 0.15) is 58.6 Å². The molecule has 1 N–H and O–H groups in total. The summed E-state index contributed by atoms with van der Waals surface area (Å²) in [6.45, 7) is 4.87. The van der Waals surface area contributed by atoms with Gasteiger partial charge in [0, 0.05) is 31.7 Å². The van der Waals surface area contributed by atoms with E-state index in [2.05, 4.69) is 4.90 Å². The van der Waals surface area contributed by atoms with Gasteiger partial charge in [0.15, 0.2) is 11.5 Å². The Kier molecular flexibility index (Phi) is 7.55. The highest BCUT2D eigenvalue weighted by Gasteiger charge is 2.42. The van der Waals surface area contributed by atoms with Gasteiger partial charge in [-0.05, 0) is 68.2 Å². The molecule has 4 aromatic rings. The van der Waals surface area contributed by atoms with E-state index in [1.165, 1.54) is 6.07 Å². The molecular weight excluding hydrogens is 563 g/mol. The van der Waals surface area contributed by atoms with Gasteiger partial charge in [0.05, 0.1) is 35.3 Å². The number of likely N-dealkylation sites (tertiary alicyclic amines) is 1. The zero-order chi connectivity index (χ0) is 30.4. The van der Waals surface area contributed by atoms with Gasteiger partial charge >= 0.3 is 12.1 Å². The first kappa shape index (κ1) is 29.0. The molecule has 0 aliphatic carbocycles. The second kappa shape index (κ2) is 11.2. The Balaban J connectivity index is 1.17. The normalized spacial score (nSPS) is 19.3. The van der Waals surface area contributed by atoms with Crippen LogP contribution >= 0.6 is 0 Å². The van der Waals surface area contributed by atoms with E-state index in [1.54, 1.807) is 44.4 Å². The number of hydrogen-bond donors (Lipinski definition) is 1. The Morgan fingerprint density at radius 1 is 1.09 bits per heavy atom. The van der Waals surface area contributed by atoms with Gasteiger partial charge < -0.3 is 23.9 Å². The monoisotopic (exact) mass is 595 g/mol. The average molecular weight is 596 g/mol. The van der Waals surface area contributed by atoms with E-state index < -0.39 is 23.5 Å². The SMILES string of the molecule is COCCn1c(CN2CCC(c3cccc4c3OC(C)(c3cccc(C(F)(F)F)c3)O4)CC2)nc2ccc(C(=O)O)cc21. The van der Waals surface area contributed by atoms with Gasteiger partial charge in [0.1, 0.15) is 5.82 Å². The number of ether oxygens (including phenoxy) is 3. The summed E-state index contributed by atoms with van der Waals surface area (Å²) in [5, 5.41) is 9.46. The number of piperidine rings is 1. The number of aromatic nitrogens is 2. The first-order chi connectivity index (χ1) is 20.6. The van der Waals surface area contributed by atoms with Gasteiger partial charge in [-0.15, -0.1) is 0 Å². The van der Waals surface area contributed by atoms with Crippen molar-refractivity contribution >= 4 is 17.0 Å². The second-order valence-corrected chi connectivity index (χ2v) is 11.1. The number of aromatic carboxylic acids is 1. The molecule has 226 valence electrons. The van der Waals surface area contributed by atoms with Gasteiger partial charge in [-0.1, -0.05) is 24.3 Å². The highest BCUT2D eigenvalue weighted by Crippen LogP contribution is 2.49. The van der Waals surface area contributed by atoms with E-state index >= 15 is 0 Å². The lowest BCUT2D eigenvalue weighted by Gasteiger charge is -2.32. The predicted molar refractivity (Wildman–Crippen MR) is 152 cm³/mol. The van der Waals surface area contributed by atoms with Gasteiger partial charge in [-0.25, -0.2) is 9.78 Å². The van der Waals surface area contributed by atoms with E-state index in [-0.39, 0.29) is 11.5 Å². The van der Waals surface area contributed by atoms with Crippen LogP contribution < -0.4 is 9.47 Å². The molecule has 1 fully saturated rings. The molecule has 0 saturated carbocycles. The molecular formula is C32H32F3N3O5. The number of para-hydroxylation sites is 1. The first-order valence-corrected chi connectivity index (χ1v) is 14.2. The van der Waals surface area contributed by atoms with Crippen molar-refractivity contribution < 1.29 is 37.3 Å². The van der Waals surface area contributed by atoms with Crippen LogP contribution in [0.5, 0.6) is 11.5 Å². The van der Waals surface area contributed by atoms with Crippen molar-refractivity contribution in [1.29, 1.82) is 0 Å². The number of hydrogen-bond acceptors (Lipinski definition) is 6. The molecule has 43 heavy (non-hydrogen) atoms. The number of halogens is 3. The molecule has 0 amide bonds. The molecule has 8 nitrogen and oxygen atoms in total. The molecule has 0 spiro atoms. The fourth-order valence-corrected chi connectivity index (χ4v) is 6.03. The predicted octanol–water partition coefficient (Wildman–Crippen LogP) is 6.42. The Hall–Kier alpha value is -4.09. The number of methoxy groups -OCH3 is 1. The van der Waals surface area contributed by atoms with E-state index in [9.17, 15) is 23.1 Å². The lowest BCUT2D eigenvalue weighted by atomic mass is 9.88. The number of rotatable bonds is 8. The number of carboxylic acid groups (broad SMARTS) is 1. The Morgan fingerprint density at radius 3 is 2.58 bits per heavy atom. The zero-order valence-electron chi connectivity index (χ0n) is 23.9. The Bertz CT molecular complexity index is 1660. The summed E-state index contributed by atoms with van der Waals surface area (Å²) in [6.07, 6.45) is -2.77. The van der Waals surface area contributed by atoms with E-state index in [0.717, 1.165) is 60.5 Å². The van der Waals surface area contributed by atoms with Gasteiger partial charge in [0.25, 0.3) is 5.79 Å². The highest BCUT2D eigenvalue weighted by atomic mass is 19.4. The second-order valence-electron chi connectivity index (χ2n) is 11.1. The summed E-state index contributed by atoms with van der Waals surface area (Å²) >= 11 is 0. The number of benzene rings is 3. The molecule has 3 heterocycles. The molecule has 11 heteroatoms. The summed E-state index contributed by atoms with van der Waals surface area (Å²) in [4.78, 5) is 18.7. The molecule has 0 radical (unpaired) electrons. The van der Waals surface area contributed by atoms with E-state index in [4.69, 9.17) is 19.2 Å². The van der Waals surface area contributed by atoms with Gasteiger partial charge in [-0.3, -0.25) is 4.90 Å². The molecule has 2 aliphatic heterocycles. The minimum Gasteiger partial charge on any atom is -0.478 e. The van der Waals surface area contributed by atoms with Crippen molar-refractivity contribution in [2.45, 2.75) is 50.7 Å². The fraction of sp³-hybridized carbons (Fsp3) is 0.375. The third-order valence-corrected chi connectivity index (χ3v) is 8.31. The summed E-state index contributed by atoms with van der Waals surface area (Å²) in [5.41, 5.74) is 2.26. The van der Waals surface area contributed by atoms with Crippen LogP contribution in [0.3, 0.4) is 0 Å². The van der Waals surface area contributed by atoms with Crippen LogP contribution in [0.4, 0.5) is 13.2 Å². The van der Waals surface area contributed by atoms with Crippen molar-refractivity contribution in [1.82, 2.24) is 14.5 Å². The molecule has 1 aromatic heterocycles. The van der Waals surface area contributed by atoms with Crippen molar-refractivity contribution in [2.75, 3.05) is 26.8 Å². The van der Waals surface area contributed by atoms with E-state index in [1.807, 2.05) is 16.7 Å². The van der Waals surface area contributed by atoms with Crippen LogP contribution in [0.25, 0.3) is 11.0 Å². The maximum atomic E-state index is 13.4. The molecule has 1 atom stereocenters. The van der Waals surface area contributed by atoms with Crippen LogP contribution in [-0.2, 0) is 29.8 Å². The Labute approximate surface area is 246 Å². The van der Waals surface area contributed by atoms with Crippen molar-refractivity contribution in [3.8, 4) is 11.5 Å². The van der Waals surface area contributed by atoms with Gasteiger partial charge in [-0.2, -0.15) is 13.2 Å². The highest BCUT2D eigenvalue weighted by molar-refractivity contribution is 5.92. The molecule has 2 aliphatic rings. The van der Waals surface area contributed by atoms with Crippen molar-refractivity contribution in [3.63, 3.8) is 0 Å². The third kappa shape index (κ3) is 5.66. The third-order valence-electron chi connectivity index (χ3n) is 8.31. The lowest BCUT2D eigenvalue weighted by molar-refractivity contribution is -0.138. The quantitative estimate of drug-likeness (QED) is 0.252. The number of carboxylic acids is 1. The minimum absolute atomic E-state index is 0.184. The number of imidazole rings is 1. The maximum absolute atomic E-state index is 13.4. The standard InChI is InChI=1S/C32H32F3N3O5/c1-31(22-5-3-6-23(18-22)32(33,34)35)42-27-8-4-7-24(29(27)43-31)20-11-13-37(14-12-20)19-28-36-25-10-9-21(30(39)40)17-26(25)38(28)15-16-41-2/h3-10,17-18,20H,11-16,19H2,1-2H3,(H,39,40). The topological polar surface area (TPSA) is 86.0 Å². The number of fused-ring (bicyclic) bond motifs is 2. The molecule has 3 aromatic carbocycles. The smallest absolute Gasteiger partial charge is 0.416 e. The van der Waals surface area contributed by atoms with Crippen molar-refractivity contribution in [3.05, 3.63) is 88.7 Å². The molecule has 0 bridgehead atoms. The van der Waals surface area contributed by atoms with Crippen LogP contribution in [-0.4, -0.2) is 52.3 Å². The molecule has 1 unspecified atom stereocenters. The van der Waals surface area contributed by atoms with Crippen molar-refractivity contribution in [2.24, 2.45) is 0 Å². The largest absolute Gasteiger partial charge is 0.478 e. The minimum atomic E-state index is -4.47.